The maximum Gasteiger partial charge on any atom is 0.0433 e. The van der Waals surface area contributed by atoms with Crippen LogP contribution in [-0.2, 0) is 0 Å². The van der Waals surface area contributed by atoms with Crippen LogP contribution in [0.1, 0.15) is 52.4 Å². The van der Waals surface area contributed by atoms with Crippen LogP contribution in [0.4, 0.5) is 0 Å². The van der Waals surface area contributed by atoms with Crippen LogP contribution in [-0.4, -0.2) is 23.4 Å². The van der Waals surface area contributed by atoms with Gasteiger partial charge in [0.25, 0.3) is 0 Å². The van der Waals surface area contributed by atoms with E-state index in [1.165, 1.54) is 19.3 Å². The largest absolute Gasteiger partial charge is 0.396 e. The van der Waals surface area contributed by atoms with E-state index in [1.807, 2.05) is 0 Å². The highest BCUT2D eigenvalue weighted by Gasteiger charge is 2.18. The zero-order valence-corrected chi connectivity index (χ0v) is 9.71. The van der Waals surface area contributed by atoms with Gasteiger partial charge < -0.3 is 10.2 Å². The van der Waals surface area contributed by atoms with Crippen LogP contribution >= 0.6 is 0 Å². The minimum Gasteiger partial charge on any atom is -0.396 e. The van der Waals surface area contributed by atoms with Crippen LogP contribution in [0.25, 0.3) is 0 Å². The van der Waals surface area contributed by atoms with Crippen molar-refractivity contribution < 1.29 is 10.2 Å². The maximum atomic E-state index is 8.99. The molecule has 0 saturated carbocycles. The van der Waals surface area contributed by atoms with E-state index in [1.54, 1.807) is 0 Å². The molecule has 0 fully saturated rings. The van der Waals surface area contributed by atoms with E-state index < -0.39 is 0 Å². The fraction of sp³-hybridized carbons (Fsp3) is 1.00. The molecular weight excluding hydrogens is 176 g/mol. The molecule has 2 nitrogen and oxygen atoms in total. The monoisotopic (exact) mass is 202 g/mol. The van der Waals surface area contributed by atoms with Gasteiger partial charge in [-0.05, 0) is 31.1 Å². The Hall–Kier alpha value is -0.0800. The predicted molar refractivity (Wildman–Crippen MR) is 60.2 cm³/mol. The Morgan fingerprint density at radius 1 is 0.857 bits per heavy atom. The molecule has 0 aliphatic rings. The molecule has 2 atom stereocenters. The first-order valence-electron chi connectivity index (χ1n) is 6.01. The highest BCUT2D eigenvalue weighted by molar-refractivity contribution is 4.69. The van der Waals surface area contributed by atoms with Gasteiger partial charge in [0, 0.05) is 13.2 Å². The second-order valence-corrected chi connectivity index (χ2v) is 4.10. The SMILES string of the molecule is CCCC(CC)C(CCO)CCCO. The van der Waals surface area contributed by atoms with Gasteiger partial charge in [-0.15, -0.1) is 0 Å². The van der Waals surface area contributed by atoms with Crippen molar-refractivity contribution in [2.45, 2.75) is 52.4 Å². The summed E-state index contributed by atoms with van der Waals surface area (Å²) >= 11 is 0. The zero-order valence-electron chi connectivity index (χ0n) is 9.71. The lowest BCUT2D eigenvalue weighted by atomic mass is 9.81. The van der Waals surface area contributed by atoms with Gasteiger partial charge in [0.15, 0.2) is 0 Å². The van der Waals surface area contributed by atoms with Crippen molar-refractivity contribution in [1.82, 2.24) is 0 Å². The third-order valence-electron chi connectivity index (χ3n) is 3.08. The van der Waals surface area contributed by atoms with Gasteiger partial charge >= 0.3 is 0 Å². The van der Waals surface area contributed by atoms with Gasteiger partial charge in [-0.3, -0.25) is 0 Å². The van der Waals surface area contributed by atoms with Gasteiger partial charge in [0.05, 0.1) is 0 Å². The molecule has 0 aliphatic carbocycles. The molecule has 2 heteroatoms. The number of hydrogen-bond donors (Lipinski definition) is 2. The Kier molecular flexibility index (Phi) is 9.42. The van der Waals surface area contributed by atoms with Crippen LogP contribution < -0.4 is 0 Å². The second-order valence-electron chi connectivity index (χ2n) is 4.10. The van der Waals surface area contributed by atoms with Crippen molar-refractivity contribution in [2.24, 2.45) is 11.8 Å². The molecule has 14 heavy (non-hydrogen) atoms. The summed E-state index contributed by atoms with van der Waals surface area (Å²) < 4.78 is 0. The van der Waals surface area contributed by atoms with E-state index in [9.17, 15) is 0 Å². The Balaban J connectivity index is 3.97. The quantitative estimate of drug-likeness (QED) is 0.603. The first-order chi connectivity index (χ1) is 6.79. The van der Waals surface area contributed by atoms with Gasteiger partial charge in [0.1, 0.15) is 0 Å². The predicted octanol–water partition coefficient (Wildman–Crippen LogP) is 2.58. The Morgan fingerprint density at radius 3 is 2.00 bits per heavy atom. The topological polar surface area (TPSA) is 40.5 Å². The molecule has 2 N–H and O–H groups in total. The fourth-order valence-electron chi connectivity index (χ4n) is 2.28. The molecular formula is C12H26O2. The van der Waals surface area contributed by atoms with E-state index in [4.69, 9.17) is 10.2 Å². The molecule has 0 bridgehead atoms. The summed E-state index contributed by atoms with van der Waals surface area (Å²) in [4.78, 5) is 0. The third kappa shape index (κ3) is 5.61. The Morgan fingerprint density at radius 2 is 1.57 bits per heavy atom. The van der Waals surface area contributed by atoms with Crippen LogP contribution in [0.5, 0.6) is 0 Å². The zero-order chi connectivity index (χ0) is 10.8. The summed E-state index contributed by atoms with van der Waals surface area (Å²) in [7, 11) is 0. The molecule has 0 aromatic heterocycles. The normalized spacial score (nSPS) is 15.4. The first-order valence-corrected chi connectivity index (χ1v) is 6.01. The molecule has 0 spiro atoms. The molecule has 0 saturated heterocycles. The highest BCUT2D eigenvalue weighted by atomic mass is 16.3. The second kappa shape index (κ2) is 9.47. The van der Waals surface area contributed by atoms with E-state index in [2.05, 4.69) is 13.8 Å². The Bertz CT molecular complexity index is 115. The van der Waals surface area contributed by atoms with Gasteiger partial charge in [0.2, 0.25) is 0 Å². The average Bonchev–Trinajstić information content (AvgIpc) is 2.21. The minimum absolute atomic E-state index is 0.282. The van der Waals surface area contributed by atoms with Crippen LogP contribution in [0.2, 0.25) is 0 Å². The summed E-state index contributed by atoms with van der Waals surface area (Å²) in [6.07, 6.45) is 6.52. The molecule has 0 aromatic carbocycles. The van der Waals surface area contributed by atoms with Gasteiger partial charge in [-0.1, -0.05) is 33.1 Å². The number of rotatable bonds is 9. The summed E-state index contributed by atoms with van der Waals surface area (Å²) in [5.74, 6) is 1.34. The number of aliphatic hydroxyl groups excluding tert-OH is 2. The van der Waals surface area contributed by atoms with Crippen molar-refractivity contribution in [3.8, 4) is 0 Å². The highest BCUT2D eigenvalue weighted by Crippen LogP contribution is 2.27. The molecule has 86 valence electrons. The summed E-state index contributed by atoms with van der Waals surface area (Å²) in [6, 6.07) is 0. The molecule has 0 aromatic rings. The summed E-state index contributed by atoms with van der Waals surface area (Å²) in [5.41, 5.74) is 0. The van der Waals surface area contributed by atoms with Gasteiger partial charge in [-0.2, -0.15) is 0 Å². The standard InChI is InChI=1S/C12H26O2/c1-3-6-11(4-2)12(8-10-14)7-5-9-13/h11-14H,3-10H2,1-2H3. The third-order valence-corrected chi connectivity index (χ3v) is 3.08. The maximum absolute atomic E-state index is 8.99. The molecule has 0 radical (unpaired) electrons. The molecule has 0 rings (SSSR count). The van der Waals surface area contributed by atoms with E-state index in [0.717, 1.165) is 25.2 Å². The first kappa shape index (κ1) is 13.9. The van der Waals surface area contributed by atoms with E-state index in [0.29, 0.717) is 5.92 Å². The van der Waals surface area contributed by atoms with Gasteiger partial charge in [-0.25, -0.2) is 0 Å². The smallest absolute Gasteiger partial charge is 0.0433 e. The molecule has 0 heterocycles. The van der Waals surface area contributed by atoms with Crippen molar-refractivity contribution in [2.75, 3.05) is 13.2 Å². The number of hydrogen-bond acceptors (Lipinski definition) is 2. The van der Waals surface area contributed by atoms with Crippen molar-refractivity contribution in [3.63, 3.8) is 0 Å². The summed E-state index contributed by atoms with van der Waals surface area (Å²) in [6.45, 7) is 5.01. The minimum atomic E-state index is 0.282. The van der Waals surface area contributed by atoms with E-state index >= 15 is 0 Å². The molecule has 0 aliphatic heterocycles. The van der Waals surface area contributed by atoms with E-state index in [-0.39, 0.29) is 13.2 Å². The fourth-order valence-corrected chi connectivity index (χ4v) is 2.28. The Labute approximate surface area is 88.3 Å². The molecule has 0 amide bonds. The van der Waals surface area contributed by atoms with Crippen LogP contribution in [0.15, 0.2) is 0 Å². The lowest BCUT2D eigenvalue weighted by molar-refractivity contribution is 0.184. The summed E-state index contributed by atoms with van der Waals surface area (Å²) in [5, 5.41) is 17.8. The van der Waals surface area contributed by atoms with Crippen LogP contribution in [0, 0.1) is 11.8 Å². The van der Waals surface area contributed by atoms with Crippen molar-refractivity contribution >= 4 is 0 Å². The van der Waals surface area contributed by atoms with Crippen LogP contribution in [0.3, 0.4) is 0 Å². The van der Waals surface area contributed by atoms with Crippen molar-refractivity contribution in [3.05, 3.63) is 0 Å². The lowest BCUT2D eigenvalue weighted by Gasteiger charge is -2.25. The van der Waals surface area contributed by atoms with Crippen molar-refractivity contribution in [1.29, 1.82) is 0 Å². The lowest BCUT2D eigenvalue weighted by Crippen LogP contribution is -2.16. The molecule has 2 unspecified atom stereocenters. The average molecular weight is 202 g/mol. The number of aliphatic hydroxyl groups is 2.